The molecule has 1 fully saturated rings. The molecule has 8 nitrogen and oxygen atoms in total. The molecule has 33 heavy (non-hydrogen) atoms. The van der Waals surface area contributed by atoms with E-state index in [0.717, 1.165) is 16.0 Å². The van der Waals surface area contributed by atoms with Crippen LogP contribution in [0.3, 0.4) is 0 Å². The van der Waals surface area contributed by atoms with E-state index in [1.165, 1.54) is 0 Å². The maximum Gasteiger partial charge on any atom is 0.408 e. The molecule has 8 heteroatoms. The van der Waals surface area contributed by atoms with Crippen molar-refractivity contribution in [1.29, 1.82) is 0 Å². The third kappa shape index (κ3) is 6.65. The number of likely N-dealkylation sites (tertiary alicyclic amines) is 1. The number of imide groups is 1. The van der Waals surface area contributed by atoms with Crippen molar-refractivity contribution in [2.75, 3.05) is 0 Å². The third-order valence-corrected chi connectivity index (χ3v) is 4.95. The molecule has 1 aliphatic heterocycles. The van der Waals surface area contributed by atoms with Gasteiger partial charge < -0.3 is 14.8 Å². The van der Waals surface area contributed by atoms with Crippen LogP contribution in [-0.2, 0) is 36.9 Å². The molecule has 174 valence electrons. The van der Waals surface area contributed by atoms with E-state index in [9.17, 15) is 19.2 Å². The molecule has 2 aromatic rings. The van der Waals surface area contributed by atoms with Crippen LogP contribution >= 0.6 is 0 Å². The van der Waals surface area contributed by atoms with Crippen LogP contribution in [0.4, 0.5) is 4.79 Å². The first-order valence-electron chi connectivity index (χ1n) is 10.7. The highest BCUT2D eigenvalue weighted by Crippen LogP contribution is 2.21. The average Bonchev–Trinajstić information content (AvgIpc) is 3.03. The molecule has 1 aliphatic rings. The first kappa shape index (κ1) is 24.0. The minimum absolute atomic E-state index is 0.0147. The highest BCUT2D eigenvalue weighted by atomic mass is 16.6. The number of alkyl carbamates (subject to hydrolysis) is 1. The van der Waals surface area contributed by atoms with Crippen LogP contribution < -0.4 is 5.32 Å². The predicted molar refractivity (Wildman–Crippen MR) is 120 cm³/mol. The van der Waals surface area contributed by atoms with Gasteiger partial charge in [0.25, 0.3) is 5.91 Å². The van der Waals surface area contributed by atoms with E-state index in [1.54, 1.807) is 32.9 Å². The molecular formula is C25H28N2O6. The Morgan fingerprint density at radius 1 is 1.00 bits per heavy atom. The Bertz CT molecular complexity index is 1000. The van der Waals surface area contributed by atoms with Crippen molar-refractivity contribution in [3.8, 4) is 0 Å². The topological polar surface area (TPSA) is 102 Å². The van der Waals surface area contributed by atoms with Crippen molar-refractivity contribution in [2.45, 2.75) is 57.9 Å². The van der Waals surface area contributed by atoms with Crippen molar-refractivity contribution in [3.05, 3.63) is 71.8 Å². The van der Waals surface area contributed by atoms with Gasteiger partial charge in [-0.2, -0.15) is 0 Å². The SMILES string of the molecule is CC(C)(C)OC(=O)NC1CC(=O)N(C(Cc2ccccc2)C(=O)OCc2ccccc2)C1=O. The Labute approximate surface area is 192 Å². The fourth-order valence-electron chi connectivity index (χ4n) is 3.48. The normalized spacial score (nSPS) is 16.9. The van der Waals surface area contributed by atoms with Gasteiger partial charge in [0.1, 0.15) is 24.3 Å². The van der Waals surface area contributed by atoms with Crippen molar-refractivity contribution >= 4 is 23.9 Å². The number of benzene rings is 2. The summed E-state index contributed by atoms with van der Waals surface area (Å²) in [6.07, 6.45) is -0.956. The lowest BCUT2D eigenvalue weighted by molar-refractivity contribution is -0.159. The number of nitrogens with zero attached hydrogens (tertiary/aromatic N) is 1. The van der Waals surface area contributed by atoms with Crippen LogP contribution in [0.15, 0.2) is 60.7 Å². The highest BCUT2D eigenvalue weighted by molar-refractivity contribution is 6.09. The number of esters is 1. The minimum atomic E-state index is -1.15. The summed E-state index contributed by atoms with van der Waals surface area (Å²) in [6.45, 7) is 5.10. The van der Waals surface area contributed by atoms with Gasteiger partial charge in [-0.3, -0.25) is 14.5 Å². The number of hydrogen-bond donors (Lipinski definition) is 1. The van der Waals surface area contributed by atoms with Crippen LogP contribution in [0, 0.1) is 0 Å². The zero-order valence-electron chi connectivity index (χ0n) is 18.9. The Kier molecular flexibility index (Phi) is 7.48. The second-order valence-corrected chi connectivity index (χ2v) is 8.80. The summed E-state index contributed by atoms with van der Waals surface area (Å²) in [5.41, 5.74) is 0.795. The van der Waals surface area contributed by atoms with E-state index >= 15 is 0 Å². The van der Waals surface area contributed by atoms with Gasteiger partial charge in [0.15, 0.2) is 0 Å². The summed E-state index contributed by atoms with van der Waals surface area (Å²) in [5, 5.41) is 2.44. The number of amides is 3. The van der Waals surface area contributed by atoms with E-state index in [4.69, 9.17) is 9.47 Å². The number of ether oxygens (including phenoxy) is 2. The Balaban J connectivity index is 1.77. The van der Waals surface area contributed by atoms with E-state index in [-0.39, 0.29) is 19.4 Å². The molecular weight excluding hydrogens is 424 g/mol. The van der Waals surface area contributed by atoms with Crippen LogP contribution in [0.25, 0.3) is 0 Å². The zero-order valence-corrected chi connectivity index (χ0v) is 18.9. The van der Waals surface area contributed by atoms with Gasteiger partial charge in [0.05, 0.1) is 6.42 Å². The molecule has 0 spiro atoms. The molecule has 2 aromatic carbocycles. The number of hydrogen-bond acceptors (Lipinski definition) is 6. The number of nitrogens with one attached hydrogen (secondary N) is 1. The summed E-state index contributed by atoms with van der Waals surface area (Å²) < 4.78 is 10.6. The van der Waals surface area contributed by atoms with Gasteiger partial charge in [-0.1, -0.05) is 60.7 Å². The molecule has 2 unspecified atom stereocenters. The maximum absolute atomic E-state index is 13.1. The molecule has 0 aliphatic carbocycles. The molecule has 3 amide bonds. The summed E-state index contributed by atoms with van der Waals surface area (Å²) in [5.74, 6) is -1.91. The lowest BCUT2D eigenvalue weighted by Gasteiger charge is -2.25. The molecule has 0 aromatic heterocycles. The van der Waals surface area contributed by atoms with Crippen LogP contribution in [0.1, 0.15) is 38.3 Å². The fraction of sp³-hybridized carbons (Fsp3) is 0.360. The second-order valence-electron chi connectivity index (χ2n) is 8.80. The molecule has 0 bridgehead atoms. The fourth-order valence-corrected chi connectivity index (χ4v) is 3.48. The van der Waals surface area contributed by atoms with E-state index < -0.39 is 41.6 Å². The quantitative estimate of drug-likeness (QED) is 0.512. The minimum Gasteiger partial charge on any atom is -0.459 e. The molecule has 3 rings (SSSR count). The van der Waals surface area contributed by atoms with Crippen LogP contribution in [-0.4, -0.2) is 46.5 Å². The highest BCUT2D eigenvalue weighted by Gasteiger charge is 2.46. The molecule has 1 saturated heterocycles. The molecule has 2 atom stereocenters. The van der Waals surface area contributed by atoms with Gasteiger partial charge >= 0.3 is 12.1 Å². The largest absolute Gasteiger partial charge is 0.459 e. The van der Waals surface area contributed by atoms with Gasteiger partial charge in [0.2, 0.25) is 5.91 Å². The summed E-state index contributed by atoms with van der Waals surface area (Å²) in [7, 11) is 0. The predicted octanol–water partition coefficient (Wildman–Crippen LogP) is 2.99. The average molecular weight is 453 g/mol. The summed E-state index contributed by atoms with van der Waals surface area (Å²) in [4.78, 5) is 51.9. The number of carbonyl (C=O) groups excluding carboxylic acids is 4. The van der Waals surface area contributed by atoms with E-state index in [0.29, 0.717) is 0 Å². The lowest BCUT2D eigenvalue weighted by atomic mass is 10.0. The summed E-state index contributed by atoms with van der Waals surface area (Å²) in [6, 6.07) is 15.9. The standard InChI is InChI=1S/C25H28N2O6/c1-25(2,3)33-24(31)26-19-15-21(28)27(22(19)29)20(14-17-10-6-4-7-11-17)23(30)32-16-18-12-8-5-9-13-18/h4-13,19-20H,14-16H2,1-3H3,(H,26,31). The van der Waals surface area contributed by atoms with Crippen LogP contribution in [0.5, 0.6) is 0 Å². The molecule has 0 radical (unpaired) electrons. The Morgan fingerprint density at radius 2 is 1.58 bits per heavy atom. The van der Waals surface area contributed by atoms with E-state index in [2.05, 4.69) is 5.32 Å². The van der Waals surface area contributed by atoms with Crippen molar-refractivity contribution in [2.24, 2.45) is 0 Å². The number of carbonyl (C=O) groups is 4. The Morgan fingerprint density at radius 3 is 2.15 bits per heavy atom. The molecule has 1 N–H and O–H groups in total. The maximum atomic E-state index is 13.1. The monoisotopic (exact) mass is 452 g/mol. The van der Waals surface area contributed by atoms with Gasteiger partial charge in [-0.15, -0.1) is 0 Å². The van der Waals surface area contributed by atoms with Gasteiger partial charge in [-0.05, 0) is 31.9 Å². The van der Waals surface area contributed by atoms with Gasteiger partial charge in [0, 0.05) is 6.42 Å². The summed E-state index contributed by atoms with van der Waals surface area (Å²) >= 11 is 0. The van der Waals surface area contributed by atoms with Gasteiger partial charge in [-0.25, -0.2) is 9.59 Å². The first-order chi connectivity index (χ1) is 15.6. The van der Waals surface area contributed by atoms with Crippen LogP contribution in [0.2, 0.25) is 0 Å². The third-order valence-electron chi connectivity index (χ3n) is 4.95. The van der Waals surface area contributed by atoms with Crippen molar-refractivity contribution in [1.82, 2.24) is 10.2 Å². The van der Waals surface area contributed by atoms with Crippen molar-refractivity contribution < 1.29 is 28.7 Å². The second kappa shape index (κ2) is 10.3. The zero-order chi connectivity index (χ0) is 24.0. The number of rotatable bonds is 7. The van der Waals surface area contributed by atoms with Crippen molar-refractivity contribution in [3.63, 3.8) is 0 Å². The first-order valence-corrected chi connectivity index (χ1v) is 10.7. The molecule has 1 heterocycles. The lowest BCUT2D eigenvalue weighted by Crippen LogP contribution is -2.50. The smallest absolute Gasteiger partial charge is 0.408 e. The Hall–Kier alpha value is -3.68. The molecule has 0 saturated carbocycles. The van der Waals surface area contributed by atoms with E-state index in [1.807, 2.05) is 48.5 Å².